The standard InChI is InChI=1S/C22H29NO/c1-3-21(19-11-5-4-6-12-19)23-16-15-20(22(23)24)14-13-18-10-8-7-9-17(18)2/h3-8,11-12,17-18,20-21H,1,9-10,13-16H2,2H3/t17?,18?,20-,21-/m0/s1. The number of hydrogen-bond acceptors (Lipinski definition) is 1. The molecule has 2 unspecified atom stereocenters. The Hall–Kier alpha value is -1.83. The maximum atomic E-state index is 12.9. The van der Waals surface area contributed by atoms with Crippen molar-refractivity contribution in [2.45, 2.75) is 45.1 Å². The van der Waals surface area contributed by atoms with Gasteiger partial charge in [-0.3, -0.25) is 4.79 Å². The van der Waals surface area contributed by atoms with Gasteiger partial charge in [-0.1, -0.05) is 55.5 Å². The number of hydrogen-bond donors (Lipinski definition) is 0. The molecular formula is C22H29NO. The van der Waals surface area contributed by atoms with E-state index in [1.165, 1.54) is 19.3 Å². The molecule has 0 radical (unpaired) electrons. The summed E-state index contributed by atoms with van der Waals surface area (Å²) in [4.78, 5) is 14.9. The summed E-state index contributed by atoms with van der Waals surface area (Å²) in [6.45, 7) is 7.17. The zero-order chi connectivity index (χ0) is 16.9. The summed E-state index contributed by atoms with van der Waals surface area (Å²) in [6, 6.07) is 10.3. The first-order valence-electron chi connectivity index (χ1n) is 9.33. The fourth-order valence-electron chi connectivity index (χ4n) is 4.22. The zero-order valence-corrected chi connectivity index (χ0v) is 14.7. The minimum atomic E-state index is 0.0141. The molecule has 1 aliphatic heterocycles. The van der Waals surface area contributed by atoms with E-state index >= 15 is 0 Å². The quantitative estimate of drug-likeness (QED) is 0.663. The van der Waals surface area contributed by atoms with E-state index < -0.39 is 0 Å². The van der Waals surface area contributed by atoms with Crippen LogP contribution in [-0.2, 0) is 4.79 Å². The van der Waals surface area contributed by atoms with Gasteiger partial charge in [0.05, 0.1) is 6.04 Å². The third-order valence-corrected chi connectivity index (χ3v) is 5.85. The number of amides is 1. The Morgan fingerprint density at radius 2 is 1.96 bits per heavy atom. The lowest BCUT2D eigenvalue weighted by Gasteiger charge is -2.27. The monoisotopic (exact) mass is 323 g/mol. The molecule has 4 atom stereocenters. The van der Waals surface area contributed by atoms with E-state index in [2.05, 4.69) is 37.8 Å². The highest BCUT2D eigenvalue weighted by atomic mass is 16.2. The van der Waals surface area contributed by atoms with Crippen molar-refractivity contribution in [3.05, 3.63) is 60.7 Å². The molecule has 1 aliphatic carbocycles. The Labute approximate surface area is 146 Å². The summed E-state index contributed by atoms with van der Waals surface area (Å²) in [5.41, 5.74) is 1.16. The van der Waals surface area contributed by atoms with E-state index in [-0.39, 0.29) is 12.0 Å². The molecule has 1 aromatic rings. The number of benzene rings is 1. The van der Waals surface area contributed by atoms with Gasteiger partial charge in [0, 0.05) is 12.5 Å². The summed E-state index contributed by atoms with van der Waals surface area (Å²) < 4.78 is 0. The smallest absolute Gasteiger partial charge is 0.226 e. The Balaban J connectivity index is 1.60. The highest BCUT2D eigenvalue weighted by Gasteiger charge is 2.35. The normalized spacial score (nSPS) is 28.1. The molecule has 0 bridgehead atoms. The molecule has 128 valence electrons. The van der Waals surface area contributed by atoms with E-state index in [9.17, 15) is 4.79 Å². The second kappa shape index (κ2) is 7.83. The van der Waals surface area contributed by atoms with Crippen molar-refractivity contribution in [3.8, 4) is 0 Å². The molecule has 0 spiro atoms. The maximum Gasteiger partial charge on any atom is 0.226 e. The minimum Gasteiger partial charge on any atom is -0.332 e. The number of allylic oxidation sites excluding steroid dienone is 2. The van der Waals surface area contributed by atoms with Crippen LogP contribution < -0.4 is 0 Å². The van der Waals surface area contributed by atoms with Gasteiger partial charge in [-0.25, -0.2) is 0 Å². The van der Waals surface area contributed by atoms with Crippen molar-refractivity contribution < 1.29 is 4.79 Å². The van der Waals surface area contributed by atoms with Crippen LogP contribution in [0.15, 0.2) is 55.1 Å². The molecule has 1 fully saturated rings. The molecule has 24 heavy (non-hydrogen) atoms. The summed E-state index contributed by atoms with van der Waals surface area (Å²) in [5.74, 6) is 2.03. The predicted octanol–water partition coefficient (Wildman–Crippen LogP) is 5.14. The molecule has 3 rings (SSSR count). The Bertz CT molecular complexity index is 591. The van der Waals surface area contributed by atoms with Gasteiger partial charge in [-0.15, -0.1) is 6.58 Å². The van der Waals surface area contributed by atoms with Crippen LogP contribution in [0.3, 0.4) is 0 Å². The lowest BCUT2D eigenvalue weighted by molar-refractivity contribution is -0.132. The molecule has 1 saturated heterocycles. The lowest BCUT2D eigenvalue weighted by Crippen LogP contribution is -2.31. The third kappa shape index (κ3) is 3.63. The van der Waals surface area contributed by atoms with E-state index in [1.807, 2.05) is 29.2 Å². The average Bonchev–Trinajstić information content (AvgIpc) is 2.97. The molecule has 0 aromatic heterocycles. The Morgan fingerprint density at radius 1 is 1.21 bits per heavy atom. The van der Waals surface area contributed by atoms with Crippen LogP contribution in [0.4, 0.5) is 0 Å². The van der Waals surface area contributed by atoms with Crippen LogP contribution >= 0.6 is 0 Å². The van der Waals surface area contributed by atoms with E-state index in [4.69, 9.17) is 0 Å². The molecule has 1 amide bonds. The fraction of sp³-hybridized carbons (Fsp3) is 0.500. The summed E-state index contributed by atoms with van der Waals surface area (Å²) in [6.07, 6.45) is 12.1. The third-order valence-electron chi connectivity index (χ3n) is 5.85. The molecule has 2 heteroatoms. The predicted molar refractivity (Wildman–Crippen MR) is 99.5 cm³/mol. The number of carbonyl (C=O) groups excluding carboxylic acids is 1. The van der Waals surface area contributed by atoms with Gasteiger partial charge < -0.3 is 4.90 Å². The van der Waals surface area contributed by atoms with Crippen molar-refractivity contribution in [2.24, 2.45) is 17.8 Å². The topological polar surface area (TPSA) is 20.3 Å². The van der Waals surface area contributed by atoms with E-state index in [0.717, 1.165) is 36.8 Å². The van der Waals surface area contributed by atoms with Crippen LogP contribution in [0.1, 0.15) is 50.6 Å². The molecule has 0 N–H and O–H groups in total. The van der Waals surface area contributed by atoms with E-state index in [1.54, 1.807) is 0 Å². The molecule has 2 aliphatic rings. The van der Waals surface area contributed by atoms with Gasteiger partial charge in [0.2, 0.25) is 5.91 Å². The van der Waals surface area contributed by atoms with Crippen molar-refractivity contribution in [3.63, 3.8) is 0 Å². The molecule has 0 saturated carbocycles. The highest BCUT2D eigenvalue weighted by molar-refractivity contribution is 5.81. The van der Waals surface area contributed by atoms with Crippen LogP contribution in [0.5, 0.6) is 0 Å². The lowest BCUT2D eigenvalue weighted by atomic mass is 9.80. The second-order valence-corrected chi connectivity index (χ2v) is 7.37. The largest absolute Gasteiger partial charge is 0.332 e. The highest BCUT2D eigenvalue weighted by Crippen LogP contribution is 2.35. The van der Waals surface area contributed by atoms with Crippen molar-refractivity contribution in [1.82, 2.24) is 4.90 Å². The van der Waals surface area contributed by atoms with E-state index in [0.29, 0.717) is 5.91 Å². The van der Waals surface area contributed by atoms with Crippen LogP contribution in [0.2, 0.25) is 0 Å². The second-order valence-electron chi connectivity index (χ2n) is 7.37. The zero-order valence-electron chi connectivity index (χ0n) is 14.7. The van der Waals surface area contributed by atoms with Crippen molar-refractivity contribution in [2.75, 3.05) is 6.54 Å². The van der Waals surface area contributed by atoms with Gasteiger partial charge in [0.15, 0.2) is 0 Å². The number of nitrogens with zero attached hydrogens (tertiary/aromatic N) is 1. The summed E-state index contributed by atoms with van der Waals surface area (Å²) in [5, 5.41) is 0. The van der Waals surface area contributed by atoms with Gasteiger partial charge >= 0.3 is 0 Å². The van der Waals surface area contributed by atoms with Crippen LogP contribution in [-0.4, -0.2) is 17.4 Å². The number of likely N-dealkylation sites (tertiary alicyclic amines) is 1. The van der Waals surface area contributed by atoms with Gasteiger partial charge in [0.1, 0.15) is 0 Å². The summed E-state index contributed by atoms with van der Waals surface area (Å²) >= 11 is 0. The summed E-state index contributed by atoms with van der Waals surface area (Å²) in [7, 11) is 0. The average molecular weight is 323 g/mol. The van der Waals surface area contributed by atoms with Gasteiger partial charge in [-0.05, 0) is 49.5 Å². The Morgan fingerprint density at radius 3 is 2.67 bits per heavy atom. The molecule has 2 nitrogen and oxygen atoms in total. The SMILES string of the molecule is C=C[C@@H](c1ccccc1)N1CC[C@H](CCC2CC=CCC2C)C1=O. The number of rotatable bonds is 6. The first-order valence-corrected chi connectivity index (χ1v) is 9.33. The van der Waals surface area contributed by atoms with Crippen molar-refractivity contribution in [1.29, 1.82) is 0 Å². The Kier molecular flexibility index (Phi) is 5.55. The van der Waals surface area contributed by atoms with Gasteiger partial charge in [-0.2, -0.15) is 0 Å². The molecule has 1 aromatic carbocycles. The van der Waals surface area contributed by atoms with Crippen LogP contribution in [0, 0.1) is 17.8 Å². The maximum absolute atomic E-state index is 12.9. The minimum absolute atomic E-state index is 0.0141. The van der Waals surface area contributed by atoms with Crippen LogP contribution in [0.25, 0.3) is 0 Å². The molecule has 1 heterocycles. The fourth-order valence-corrected chi connectivity index (χ4v) is 4.22. The number of carbonyl (C=O) groups is 1. The first kappa shape index (κ1) is 17.0. The van der Waals surface area contributed by atoms with Crippen molar-refractivity contribution >= 4 is 5.91 Å². The first-order chi connectivity index (χ1) is 11.7. The molecular weight excluding hydrogens is 294 g/mol. The van der Waals surface area contributed by atoms with Gasteiger partial charge in [0.25, 0.3) is 0 Å².